The molecule has 1 aliphatic rings. The number of amides is 1. The van der Waals surface area contributed by atoms with Crippen LogP contribution in [0.1, 0.15) is 37.9 Å². The summed E-state index contributed by atoms with van der Waals surface area (Å²) in [7, 11) is 0. The Balaban J connectivity index is 1.85. The number of aryl methyl sites for hydroxylation is 2. The summed E-state index contributed by atoms with van der Waals surface area (Å²) in [6.07, 6.45) is 2.55. The Morgan fingerprint density at radius 2 is 2.20 bits per heavy atom. The molecule has 7 nitrogen and oxygen atoms in total. The number of ether oxygens (including phenoxy) is 1. The van der Waals surface area contributed by atoms with E-state index in [4.69, 9.17) is 9.26 Å². The molecule has 20 heavy (non-hydrogen) atoms. The molecule has 1 aliphatic carbocycles. The lowest BCUT2D eigenvalue weighted by Gasteiger charge is -2.20. The maximum atomic E-state index is 12.2. The molecule has 0 aliphatic heterocycles. The highest BCUT2D eigenvalue weighted by atomic mass is 16.5. The van der Waals surface area contributed by atoms with Gasteiger partial charge in [0.25, 0.3) is 0 Å². The van der Waals surface area contributed by atoms with E-state index < -0.39 is 0 Å². The summed E-state index contributed by atoms with van der Waals surface area (Å²) in [6.45, 7) is 3.83. The molecule has 1 aromatic heterocycles. The normalized spacial score (nSPS) is 14.1. The molecule has 0 unspecified atom stereocenters. The molecule has 0 N–H and O–H groups in total. The molecule has 110 valence electrons. The maximum absolute atomic E-state index is 12.2. The van der Waals surface area contributed by atoms with E-state index in [0.29, 0.717) is 24.7 Å². The van der Waals surface area contributed by atoms with Gasteiger partial charge < -0.3 is 14.2 Å². The van der Waals surface area contributed by atoms with E-state index in [-0.39, 0.29) is 30.9 Å². The van der Waals surface area contributed by atoms with E-state index in [1.54, 1.807) is 18.7 Å². The van der Waals surface area contributed by atoms with Gasteiger partial charge in [0.1, 0.15) is 6.54 Å². The Bertz CT molecular complexity index is 482. The minimum absolute atomic E-state index is 0.0280. The summed E-state index contributed by atoms with van der Waals surface area (Å²) in [6, 6.07) is 0.177. The molecular formula is C13H19N3O4. The van der Waals surface area contributed by atoms with Gasteiger partial charge in [-0.15, -0.1) is 0 Å². The van der Waals surface area contributed by atoms with Crippen LogP contribution in [0, 0.1) is 6.92 Å². The lowest BCUT2D eigenvalue weighted by atomic mass is 10.2. The fourth-order valence-corrected chi connectivity index (χ4v) is 1.95. The highest BCUT2D eigenvalue weighted by Gasteiger charge is 2.34. The van der Waals surface area contributed by atoms with Crippen molar-refractivity contribution in [2.45, 2.75) is 45.6 Å². The second-order valence-corrected chi connectivity index (χ2v) is 4.79. The van der Waals surface area contributed by atoms with E-state index in [0.717, 1.165) is 12.8 Å². The van der Waals surface area contributed by atoms with Gasteiger partial charge >= 0.3 is 5.97 Å². The average molecular weight is 281 g/mol. The van der Waals surface area contributed by atoms with Crippen LogP contribution in [0.2, 0.25) is 0 Å². The third-order valence-corrected chi connectivity index (χ3v) is 3.04. The lowest BCUT2D eigenvalue weighted by molar-refractivity contribution is -0.149. The minimum Gasteiger partial charge on any atom is -0.465 e. The summed E-state index contributed by atoms with van der Waals surface area (Å²) in [4.78, 5) is 29.3. The zero-order valence-corrected chi connectivity index (χ0v) is 11.8. The monoisotopic (exact) mass is 281 g/mol. The number of hydrogen-bond acceptors (Lipinski definition) is 6. The zero-order chi connectivity index (χ0) is 14.5. The minimum atomic E-state index is -0.360. The van der Waals surface area contributed by atoms with Crippen molar-refractivity contribution >= 4 is 11.9 Å². The van der Waals surface area contributed by atoms with Crippen molar-refractivity contribution < 1.29 is 18.8 Å². The van der Waals surface area contributed by atoms with E-state index in [9.17, 15) is 9.59 Å². The fraction of sp³-hybridized carbons (Fsp3) is 0.692. The molecule has 1 heterocycles. The van der Waals surface area contributed by atoms with Crippen molar-refractivity contribution in [3.05, 3.63) is 11.7 Å². The van der Waals surface area contributed by atoms with Crippen LogP contribution in [0.25, 0.3) is 0 Å². The van der Waals surface area contributed by atoms with Gasteiger partial charge in [-0.1, -0.05) is 5.16 Å². The van der Waals surface area contributed by atoms with Gasteiger partial charge in [0.05, 0.1) is 6.61 Å². The summed E-state index contributed by atoms with van der Waals surface area (Å²) in [5, 5.41) is 3.67. The van der Waals surface area contributed by atoms with Gasteiger partial charge in [-0.25, -0.2) is 0 Å². The quantitative estimate of drug-likeness (QED) is 0.689. The van der Waals surface area contributed by atoms with Crippen LogP contribution in [0.4, 0.5) is 0 Å². The van der Waals surface area contributed by atoms with Crippen LogP contribution < -0.4 is 0 Å². The van der Waals surface area contributed by atoms with Gasteiger partial charge in [-0.3, -0.25) is 9.59 Å². The third-order valence-electron chi connectivity index (χ3n) is 3.04. The molecule has 1 fully saturated rings. The number of hydrogen-bond donors (Lipinski definition) is 0. The number of nitrogens with zero attached hydrogens (tertiary/aromatic N) is 3. The Labute approximate surface area is 117 Å². The first kappa shape index (κ1) is 14.5. The van der Waals surface area contributed by atoms with Crippen molar-refractivity contribution in [3.63, 3.8) is 0 Å². The Kier molecular flexibility index (Phi) is 4.70. The molecule has 0 radical (unpaired) electrons. The molecule has 0 bridgehead atoms. The predicted octanol–water partition coefficient (Wildman–Crippen LogP) is 0.865. The van der Waals surface area contributed by atoms with Crippen molar-refractivity contribution in [1.29, 1.82) is 0 Å². The zero-order valence-electron chi connectivity index (χ0n) is 11.8. The summed E-state index contributed by atoms with van der Waals surface area (Å²) >= 11 is 0. The second-order valence-electron chi connectivity index (χ2n) is 4.79. The van der Waals surface area contributed by atoms with Gasteiger partial charge in [0, 0.05) is 18.9 Å². The third kappa shape index (κ3) is 4.04. The lowest BCUT2D eigenvalue weighted by Crippen LogP contribution is -2.38. The molecule has 0 aromatic carbocycles. The molecule has 2 rings (SSSR count). The standard InChI is InChI=1S/C13H19N3O4/c1-3-19-13(18)8-16(10-4-5-10)12(17)7-6-11-14-9(2)15-20-11/h10H,3-8H2,1-2H3. The summed E-state index contributed by atoms with van der Waals surface area (Å²) in [5.41, 5.74) is 0. The smallest absolute Gasteiger partial charge is 0.325 e. The molecule has 7 heteroatoms. The Morgan fingerprint density at radius 3 is 2.75 bits per heavy atom. The van der Waals surface area contributed by atoms with Crippen LogP contribution in [-0.2, 0) is 20.7 Å². The average Bonchev–Trinajstić information content (AvgIpc) is 3.16. The first-order valence-corrected chi connectivity index (χ1v) is 6.84. The number of carbonyl (C=O) groups excluding carboxylic acids is 2. The van der Waals surface area contributed by atoms with Gasteiger partial charge in [-0.05, 0) is 26.7 Å². The molecule has 0 saturated heterocycles. The number of esters is 1. The first-order chi connectivity index (χ1) is 9.60. The van der Waals surface area contributed by atoms with Crippen LogP contribution in [0.15, 0.2) is 4.52 Å². The molecule has 1 saturated carbocycles. The van der Waals surface area contributed by atoms with Crippen molar-refractivity contribution in [2.24, 2.45) is 0 Å². The van der Waals surface area contributed by atoms with E-state index >= 15 is 0 Å². The van der Waals surface area contributed by atoms with E-state index in [1.807, 2.05) is 0 Å². The van der Waals surface area contributed by atoms with Crippen LogP contribution in [0.5, 0.6) is 0 Å². The highest BCUT2D eigenvalue weighted by molar-refractivity contribution is 5.82. The van der Waals surface area contributed by atoms with Crippen molar-refractivity contribution in [2.75, 3.05) is 13.2 Å². The maximum Gasteiger partial charge on any atom is 0.325 e. The first-order valence-electron chi connectivity index (χ1n) is 6.84. The topological polar surface area (TPSA) is 85.5 Å². The van der Waals surface area contributed by atoms with Crippen LogP contribution in [0.3, 0.4) is 0 Å². The fourth-order valence-electron chi connectivity index (χ4n) is 1.95. The van der Waals surface area contributed by atoms with Gasteiger partial charge in [-0.2, -0.15) is 4.98 Å². The molecular weight excluding hydrogens is 262 g/mol. The number of aromatic nitrogens is 2. The molecule has 0 atom stereocenters. The van der Waals surface area contributed by atoms with Gasteiger partial charge in [0.15, 0.2) is 5.82 Å². The number of rotatable bonds is 7. The Hall–Kier alpha value is -1.92. The summed E-state index contributed by atoms with van der Waals surface area (Å²) < 4.78 is 9.86. The van der Waals surface area contributed by atoms with Crippen LogP contribution >= 0.6 is 0 Å². The Morgan fingerprint density at radius 1 is 1.45 bits per heavy atom. The largest absolute Gasteiger partial charge is 0.465 e. The predicted molar refractivity (Wildman–Crippen MR) is 68.7 cm³/mol. The van der Waals surface area contributed by atoms with Gasteiger partial charge in [0.2, 0.25) is 11.8 Å². The second kappa shape index (κ2) is 6.49. The highest BCUT2D eigenvalue weighted by Crippen LogP contribution is 2.27. The molecule has 0 spiro atoms. The molecule has 1 amide bonds. The SMILES string of the molecule is CCOC(=O)CN(C(=O)CCc1nc(C)no1)C1CC1. The van der Waals surface area contributed by atoms with E-state index in [2.05, 4.69) is 10.1 Å². The van der Waals surface area contributed by atoms with Crippen LogP contribution in [-0.4, -0.2) is 46.1 Å². The number of carbonyl (C=O) groups is 2. The van der Waals surface area contributed by atoms with Crippen molar-refractivity contribution in [3.8, 4) is 0 Å². The molecule has 1 aromatic rings. The van der Waals surface area contributed by atoms with E-state index in [1.165, 1.54) is 0 Å². The summed E-state index contributed by atoms with van der Waals surface area (Å²) in [5.74, 6) is 0.568. The van der Waals surface area contributed by atoms with Crippen molar-refractivity contribution in [1.82, 2.24) is 15.0 Å².